The van der Waals surface area contributed by atoms with Crippen LogP contribution in [0.25, 0.3) is 0 Å². The van der Waals surface area contributed by atoms with Crippen LogP contribution in [-0.2, 0) is 9.53 Å². The standard InChI is InChI=1S/C29H47ClO3/c1-19(2)7-6-8-20(3)23-11-12-24-22-10-9-21-17-29(32,26(31)33-18-30)16-15-27(21,4)25(22)13-14-28(23,24)5/h9,19-20,22-25,32H,6-8,10-18H2,1-5H3/t20-,22+,23-,24+,25+,27+,28-,29?/m1/s1. The van der Waals surface area contributed by atoms with Crippen LogP contribution in [0.1, 0.15) is 105 Å². The first-order chi connectivity index (χ1) is 15.5. The van der Waals surface area contributed by atoms with Crippen molar-refractivity contribution >= 4 is 17.6 Å². The number of fused-ring (bicyclic) bond motifs is 5. The maximum Gasteiger partial charge on any atom is 0.339 e. The van der Waals surface area contributed by atoms with Crippen molar-refractivity contribution in [2.24, 2.45) is 46.3 Å². The molecule has 0 aliphatic heterocycles. The Bertz CT molecular complexity index is 762. The lowest BCUT2D eigenvalue weighted by Crippen LogP contribution is -2.54. The fraction of sp³-hybridized carbons (Fsp3) is 0.897. The molecule has 4 aliphatic carbocycles. The van der Waals surface area contributed by atoms with Gasteiger partial charge in [-0.2, -0.15) is 0 Å². The third-order valence-corrected chi connectivity index (χ3v) is 11.0. The fourth-order valence-corrected chi connectivity index (χ4v) is 9.13. The summed E-state index contributed by atoms with van der Waals surface area (Å²) < 4.78 is 5.00. The summed E-state index contributed by atoms with van der Waals surface area (Å²) in [7, 11) is 0. The van der Waals surface area contributed by atoms with E-state index in [1.165, 1.54) is 50.5 Å². The van der Waals surface area contributed by atoms with Crippen molar-refractivity contribution in [1.82, 2.24) is 0 Å². The first-order valence-corrected chi connectivity index (χ1v) is 14.2. The molecule has 33 heavy (non-hydrogen) atoms. The molecule has 1 unspecified atom stereocenters. The highest BCUT2D eigenvalue weighted by molar-refractivity contribution is 6.17. The third kappa shape index (κ3) is 4.44. The average molecular weight is 479 g/mol. The molecule has 4 aliphatic rings. The number of aliphatic hydroxyl groups is 1. The molecule has 1 N–H and O–H groups in total. The molecule has 4 rings (SSSR count). The molecule has 0 aromatic carbocycles. The zero-order chi connectivity index (χ0) is 24.0. The third-order valence-electron chi connectivity index (χ3n) is 10.9. The van der Waals surface area contributed by atoms with Crippen molar-refractivity contribution < 1.29 is 14.6 Å². The van der Waals surface area contributed by atoms with Gasteiger partial charge >= 0.3 is 5.97 Å². The monoisotopic (exact) mass is 478 g/mol. The topological polar surface area (TPSA) is 46.5 Å². The SMILES string of the molecule is CC(C)CCC[C@@H](C)[C@H]1CC[C@H]2[C@@H]3CC=C4CC(O)(C(=O)OCCl)CC[C@]4(C)[C@H]3CC[C@]12C. The second kappa shape index (κ2) is 9.49. The number of hydrogen-bond acceptors (Lipinski definition) is 3. The van der Waals surface area contributed by atoms with Gasteiger partial charge in [0.15, 0.2) is 11.7 Å². The normalized spacial score (nSPS) is 43.3. The number of rotatable bonds is 7. The highest BCUT2D eigenvalue weighted by Gasteiger charge is 2.60. The van der Waals surface area contributed by atoms with Gasteiger partial charge in [-0.3, -0.25) is 0 Å². The van der Waals surface area contributed by atoms with E-state index in [-0.39, 0.29) is 11.5 Å². The Morgan fingerprint density at radius 1 is 1.12 bits per heavy atom. The van der Waals surface area contributed by atoms with Gasteiger partial charge in [0.2, 0.25) is 0 Å². The minimum absolute atomic E-state index is 0.110. The minimum Gasteiger partial charge on any atom is -0.447 e. The largest absolute Gasteiger partial charge is 0.447 e. The Morgan fingerprint density at radius 3 is 2.58 bits per heavy atom. The predicted octanol–water partition coefficient (Wildman–Crippen LogP) is 7.50. The van der Waals surface area contributed by atoms with E-state index >= 15 is 0 Å². The Morgan fingerprint density at radius 2 is 1.88 bits per heavy atom. The van der Waals surface area contributed by atoms with Crippen molar-refractivity contribution in [3.63, 3.8) is 0 Å². The lowest BCUT2D eigenvalue weighted by Gasteiger charge is -2.59. The molecule has 0 heterocycles. The smallest absolute Gasteiger partial charge is 0.339 e. The quantitative estimate of drug-likeness (QED) is 0.234. The highest BCUT2D eigenvalue weighted by atomic mass is 35.5. The molecule has 3 saturated carbocycles. The average Bonchev–Trinajstić information content (AvgIpc) is 3.11. The summed E-state index contributed by atoms with van der Waals surface area (Å²) in [4.78, 5) is 12.4. The van der Waals surface area contributed by atoms with Crippen LogP contribution in [0.2, 0.25) is 0 Å². The maximum atomic E-state index is 12.4. The van der Waals surface area contributed by atoms with Crippen molar-refractivity contribution in [1.29, 1.82) is 0 Å². The van der Waals surface area contributed by atoms with E-state index in [1.54, 1.807) is 0 Å². The molecule has 0 amide bonds. The van der Waals surface area contributed by atoms with Gasteiger partial charge in [0.05, 0.1) is 0 Å². The molecule has 8 atom stereocenters. The van der Waals surface area contributed by atoms with Crippen molar-refractivity contribution in [2.75, 3.05) is 6.07 Å². The van der Waals surface area contributed by atoms with E-state index in [2.05, 4.69) is 40.7 Å². The summed E-state index contributed by atoms with van der Waals surface area (Å²) in [6.07, 6.45) is 14.9. The number of halogens is 1. The summed E-state index contributed by atoms with van der Waals surface area (Å²) in [5, 5.41) is 11.0. The van der Waals surface area contributed by atoms with Gasteiger partial charge in [-0.15, -0.1) is 0 Å². The highest BCUT2D eigenvalue weighted by Crippen LogP contribution is 2.67. The van der Waals surface area contributed by atoms with Crippen LogP contribution in [-0.4, -0.2) is 22.7 Å². The van der Waals surface area contributed by atoms with Crippen LogP contribution in [0.3, 0.4) is 0 Å². The molecular formula is C29H47ClO3. The Kier molecular flexibility index (Phi) is 7.35. The number of alkyl halides is 1. The van der Waals surface area contributed by atoms with Crippen LogP contribution in [0, 0.1) is 46.3 Å². The lowest BCUT2D eigenvalue weighted by molar-refractivity contribution is -0.168. The second-order valence-corrected chi connectivity index (χ2v) is 13.3. The zero-order valence-electron chi connectivity index (χ0n) is 21.7. The first-order valence-electron chi connectivity index (χ1n) is 13.7. The summed E-state index contributed by atoms with van der Waals surface area (Å²) >= 11 is 5.60. The van der Waals surface area contributed by atoms with E-state index in [0.717, 1.165) is 42.4 Å². The number of hydrogen-bond donors (Lipinski definition) is 1. The van der Waals surface area contributed by atoms with E-state index in [1.807, 2.05) is 0 Å². The molecular weight excluding hydrogens is 432 g/mol. The molecule has 3 nitrogen and oxygen atoms in total. The first kappa shape index (κ1) is 25.5. The van der Waals surface area contributed by atoms with Crippen LogP contribution < -0.4 is 0 Å². The molecule has 3 fully saturated rings. The second-order valence-electron chi connectivity index (χ2n) is 13.0. The van der Waals surface area contributed by atoms with E-state index in [9.17, 15) is 9.90 Å². The van der Waals surface area contributed by atoms with Crippen molar-refractivity contribution in [3.05, 3.63) is 11.6 Å². The molecule has 4 heteroatoms. The summed E-state index contributed by atoms with van der Waals surface area (Å²) in [5.41, 5.74) is 0.489. The maximum absolute atomic E-state index is 12.4. The summed E-state index contributed by atoms with van der Waals surface area (Å²) in [6, 6.07) is -0.195. The molecule has 0 aromatic heterocycles. The van der Waals surface area contributed by atoms with Crippen LogP contribution >= 0.6 is 11.6 Å². The molecule has 0 spiro atoms. The van der Waals surface area contributed by atoms with E-state index in [4.69, 9.17) is 16.3 Å². The van der Waals surface area contributed by atoms with Crippen LogP contribution in [0.15, 0.2) is 11.6 Å². The van der Waals surface area contributed by atoms with Crippen LogP contribution in [0.5, 0.6) is 0 Å². The summed E-state index contributed by atoms with van der Waals surface area (Å²) in [6.45, 7) is 12.3. The zero-order valence-corrected chi connectivity index (χ0v) is 22.4. The molecule has 0 bridgehead atoms. The lowest BCUT2D eigenvalue weighted by atomic mass is 9.46. The van der Waals surface area contributed by atoms with Gasteiger partial charge in [0.25, 0.3) is 0 Å². The van der Waals surface area contributed by atoms with Gasteiger partial charge in [0.1, 0.15) is 0 Å². The number of carbonyl (C=O) groups excluding carboxylic acids is 1. The Balaban J connectivity index is 1.49. The molecule has 188 valence electrons. The summed E-state index contributed by atoms with van der Waals surface area (Å²) in [5.74, 6) is 4.22. The van der Waals surface area contributed by atoms with Crippen molar-refractivity contribution in [3.8, 4) is 0 Å². The molecule has 0 saturated heterocycles. The van der Waals surface area contributed by atoms with Gasteiger partial charge in [0, 0.05) is 6.42 Å². The van der Waals surface area contributed by atoms with Crippen molar-refractivity contribution in [2.45, 2.75) is 111 Å². The number of carbonyl (C=O) groups is 1. The van der Waals surface area contributed by atoms with Crippen LogP contribution in [0.4, 0.5) is 0 Å². The number of esters is 1. The molecule has 0 radical (unpaired) electrons. The fourth-order valence-electron chi connectivity index (χ4n) is 9.03. The number of ether oxygens (including phenoxy) is 1. The predicted molar refractivity (Wildman–Crippen MR) is 135 cm³/mol. The Labute approximate surface area is 207 Å². The van der Waals surface area contributed by atoms with Gasteiger partial charge in [-0.1, -0.05) is 77.1 Å². The van der Waals surface area contributed by atoms with E-state index in [0.29, 0.717) is 24.2 Å². The van der Waals surface area contributed by atoms with Gasteiger partial charge in [-0.05, 0) is 91.3 Å². The van der Waals surface area contributed by atoms with E-state index < -0.39 is 11.6 Å². The molecule has 0 aromatic rings. The Hall–Kier alpha value is -0.540. The van der Waals surface area contributed by atoms with Gasteiger partial charge in [-0.25, -0.2) is 4.79 Å². The minimum atomic E-state index is -1.40. The number of allylic oxidation sites excluding steroid dienone is 1. The van der Waals surface area contributed by atoms with Gasteiger partial charge < -0.3 is 9.84 Å².